The van der Waals surface area contributed by atoms with Gasteiger partial charge in [0.15, 0.2) is 11.6 Å². The number of hydrogen-bond acceptors (Lipinski definition) is 4. The van der Waals surface area contributed by atoms with Crippen molar-refractivity contribution in [1.82, 2.24) is 9.78 Å². The van der Waals surface area contributed by atoms with Crippen LogP contribution in [0.25, 0.3) is 10.9 Å². The van der Waals surface area contributed by atoms with Gasteiger partial charge in [-0.15, -0.1) is 0 Å². The summed E-state index contributed by atoms with van der Waals surface area (Å²) in [5.41, 5.74) is 5.61. The van der Waals surface area contributed by atoms with Crippen molar-refractivity contribution in [3.63, 3.8) is 0 Å². The Morgan fingerprint density at radius 3 is 2.78 bits per heavy atom. The van der Waals surface area contributed by atoms with E-state index in [0.29, 0.717) is 5.39 Å². The van der Waals surface area contributed by atoms with Crippen LogP contribution in [0.5, 0.6) is 0 Å². The lowest BCUT2D eigenvalue weighted by Crippen LogP contribution is -2.38. The van der Waals surface area contributed by atoms with Crippen LogP contribution < -0.4 is 10.6 Å². The first kappa shape index (κ1) is 17.2. The summed E-state index contributed by atoms with van der Waals surface area (Å²) in [6.07, 6.45) is -0.0339. The summed E-state index contributed by atoms with van der Waals surface area (Å²) in [7, 11) is 1.56. The zero-order chi connectivity index (χ0) is 17.1. The molecule has 9 heteroatoms. The van der Waals surface area contributed by atoms with Gasteiger partial charge in [0.25, 0.3) is 0 Å². The maximum atomic E-state index is 14.2. The van der Waals surface area contributed by atoms with Crippen molar-refractivity contribution in [2.24, 2.45) is 12.8 Å². The van der Waals surface area contributed by atoms with E-state index in [9.17, 15) is 14.0 Å². The van der Waals surface area contributed by atoms with E-state index < -0.39 is 17.8 Å². The Balaban J connectivity index is 2.41. The lowest BCUT2D eigenvalue weighted by molar-refractivity contribution is -0.142. The molecule has 1 aromatic heterocycles. The third kappa shape index (κ3) is 3.44. The van der Waals surface area contributed by atoms with E-state index in [2.05, 4.69) is 21.0 Å². The molecule has 0 saturated carbocycles. The van der Waals surface area contributed by atoms with Gasteiger partial charge in [0.1, 0.15) is 5.52 Å². The number of amides is 2. The molecule has 2 amide bonds. The second-order valence-electron chi connectivity index (χ2n) is 4.75. The highest BCUT2D eigenvalue weighted by Gasteiger charge is 2.23. The molecule has 23 heavy (non-hydrogen) atoms. The molecule has 0 bridgehead atoms. The van der Waals surface area contributed by atoms with Crippen molar-refractivity contribution in [1.29, 1.82) is 0 Å². The quantitative estimate of drug-likeness (QED) is 0.798. The molecule has 1 heterocycles. The molecule has 0 aliphatic rings. The van der Waals surface area contributed by atoms with E-state index in [4.69, 9.17) is 10.5 Å². The fourth-order valence-electron chi connectivity index (χ4n) is 2.24. The minimum atomic E-state index is -0.780. The topological polar surface area (TPSA) is 90.4 Å². The fraction of sp³-hybridized carbons (Fsp3) is 0.357. The number of nitrogens with two attached hydrogens (primary N) is 1. The van der Waals surface area contributed by atoms with E-state index in [1.807, 2.05) is 0 Å². The Bertz CT molecular complexity index is 762. The van der Waals surface area contributed by atoms with Gasteiger partial charge in [-0.05, 0) is 35.0 Å². The third-order valence-electron chi connectivity index (χ3n) is 3.24. The number of hydrogen-bond donors (Lipinski definition) is 1. The highest BCUT2D eigenvalue weighted by molar-refractivity contribution is 9.10. The van der Waals surface area contributed by atoms with Crippen LogP contribution in [0, 0.1) is 5.82 Å². The SMILES string of the molecule is CCOC(=O)CCN(C(N)=O)c1nn(C)c2c(F)c(Br)ccc12. The average molecular weight is 387 g/mol. The molecule has 0 aliphatic carbocycles. The number of aromatic nitrogens is 2. The number of rotatable bonds is 5. The van der Waals surface area contributed by atoms with Crippen LogP contribution in [0.4, 0.5) is 15.0 Å². The summed E-state index contributed by atoms with van der Waals surface area (Å²) in [5.74, 6) is -0.739. The number of halogens is 2. The van der Waals surface area contributed by atoms with E-state index in [1.165, 1.54) is 10.7 Å². The van der Waals surface area contributed by atoms with Crippen LogP contribution in [0.3, 0.4) is 0 Å². The van der Waals surface area contributed by atoms with E-state index in [0.717, 1.165) is 4.90 Å². The molecule has 124 valence electrons. The standard InChI is InChI=1S/C14H16BrFN4O3/c1-3-23-10(21)6-7-20(14(17)22)13-8-4-5-9(15)11(16)12(8)19(2)18-13/h4-5H,3,6-7H2,1-2H3,(H2,17,22). The zero-order valence-electron chi connectivity index (χ0n) is 12.7. The second-order valence-corrected chi connectivity index (χ2v) is 5.60. The minimum absolute atomic E-state index is 0.00202. The molecule has 0 unspecified atom stereocenters. The summed E-state index contributed by atoms with van der Waals surface area (Å²) >= 11 is 3.11. The van der Waals surface area contributed by atoms with Crippen molar-refractivity contribution < 1.29 is 18.7 Å². The van der Waals surface area contributed by atoms with E-state index >= 15 is 0 Å². The summed E-state index contributed by atoms with van der Waals surface area (Å²) in [4.78, 5) is 24.3. The molecule has 2 rings (SSSR count). The number of urea groups is 1. The number of aryl methyl sites for hydroxylation is 1. The molecule has 0 saturated heterocycles. The molecule has 1 aromatic carbocycles. The Hall–Kier alpha value is -2.16. The molecular formula is C14H16BrFN4O3. The van der Waals surface area contributed by atoms with Crippen LogP contribution >= 0.6 is 15.9 Å². The predicted octanol–water partition coefficient (Wildman–Crippen LogP) is 2.31. The Kier molecular flexibility index (Phi) is 5.19. The molecule has 0 fully saturated rings. The highest BCUT2D eigenvalue weighted by atomic mass is 79.9. The Morgan fingerprint density at radius 2 is 2.17 bits per heavy atom. The number of nitrogens with zero attached hydrogens (tertiary/aromatic N) is 3. The summed E-state index contributed by atoms with van der Waals surface area (Å²) in [6, 6.07) is 2.37. The fourth-order valence-corrected chi connectivity index (χ4v) is 2.56. The van der Waals surface area contributed by atoms with Crippen molar-refractivity contribution >= 4 is 44.7 Å². The second kappa shape index (κ2) is 6.95. The van der Waals surface area contributed by atoms with Crippen LogP contribution in [-0.2, 0) is 16.6 Å². The van der Waals surface area contributed by atoms with Crippen LogP contribution in [0.2, 0.25) is 0 Å². The third-order valence-corrected chi connectivity index (χ3v) is 3.86. The monoisotopic (exact) mass is 386 g/mol. The van der Waals surface area contributed by atoms with Gasteiger partial charge in [0, 0.05) is 19.0 Å². The number of fused-ring (bicyclic) bond motifs is 1. The normalized spacial score (nSPS) is 10.8. The smallest absolute Gasteiger partial charge is 0.320 e. The van der Waals surface area contributed by atoms with Crippen molar-refractivity contribution in [3.05, 3.63) is 22.4 Å². The summed E-state index contributed by atoms with van der Waals surface area (Å²) in [6.45, 7) is 1.94. The predicted molar refractivity (Wildman–Crippen MR) is 86.6 cm³/mol. The van der Waals surface area contributed by atoms with E-state index in [1.54, 1.807) is 20.0 Å². The summed E-state index contributed by atoms with van der Waals surface area (Å²) < 4.78 is 20.7. The number of carbonyl (C=O) groups excluding carboxylic acids is 2. The number of primary amides is 1. The molecule has 0 atom stereocenters. The van der Waals surface area contributed by atoms with Gasteiger partial charge in [-0.25, -0.2) is 9.18 Å². The number of ether oxygens (including phenoxy) is 1. The van der Waals surface area contributed by atoms with Crippen LogP contribution in [-0.4, -0.2) is 34.9 Å². The van der Waals surface area contributed by atoms with Crippen molar-refractivity contribution in [2.45, 2.75) is 13.3 Å². The first-order valence-electron chi connectivity index (χ1n) is 6.90. The lowest BCUT2D eigenvalue weighted by atomic mass is 10.2. The molecule has 2 aromatic rings. The molecule has 0 aliphatic heterocycles. The maximum Gasteiger partial charge on any atom is 0.320 e. The maximum absolute atomic E-state index is 14.2. The average Bonchev–Trinajstić information content (AvgIpc) is 2.80. The van der Waals surface area contributed by atoms with Crippen molar-refractivity contribution in [2.75, 3.05) is 18.1 Å². The van der Waals surface area contributed by atoms with Gasteiger partial charge in [-0.1, -0.05) is 0 Å². The number of carbonyl (C=O) groups is 2. The number of esters is 1. The summed E-state index contributed by atoms with van der Waals surface area (Å²) in [5, 5.41) is 4.59. The van der Waals surface area contributed by atoms with Gasteiger partial charge < -0.3 is 10.5 Å². The van der Waals surface area contributed by atoms with Gasteiger partial charge in [0.2, 0.25) is 0 Å². The van der Waals surface area contributed by atoms with Crippen molar-refractivity contribution in [3.8, 4) is 0 Å². The van der Waals surface area contributed by atoms with Gasteiger partial charge >= 0.3 is 12.0 Å². The largest absolute Gasteiger partial charge is 0.466 e. The van der Waals surface area contributed by atoms with Gasteiger partial charge in [-0.3, -0.25) is 14.4 Å². The van der Waals surface area contributed by atoms with Gasteiger partial charge in [-0.2, -0.15) is 5.10 Å². The highest BCUT2D eigenvalue weighted by Crippen LogP contribution is 2.31. The first-order chi connectivity index (χ1) is 10.9. The molecule has 0 radical (unpaired) electrons. The Morgan fingerprint density at radius 1 is 1.48 bits per heavy atom. The first-order valence-corrected chi connectivity index (χ1v) is 7.69. The molecule has 2 N–H and O–H groups in total. The molecular weight excluding hydrogens is 371 g/mol. The lowest BCUT2D eigenvalue weighted by Gasteiger charge is -2.17. The van der Waals surface area contributed by atoms with Gasteiger partial charge in [0.05, 0.1) is 17.5 Å². The van der Waals surface area contributed by atoms with E-state index in [-0.39, 0.29) is 35.4 Å². The Labute approximate surface area is 140 Å². The van der Waals surface area contributed by atoms with Crippen LogP contribution in [0.1, 0.15) is 13.3 Å². The number of benzene rings is 1. The zero-order valence-corrected chi connectivity index (χ0v) is 14.3. The number of anilines is 1. The molecule has 0 spiro atoms. The minimum Gasteiger partial charge on any atom is -0.466 e. The van der Waals surface area contributed by atoms with Crippen LogP contribution in [0.15, 0.2) is 16.6 Å². The molecule has 7 nitrogen and oxygen atoms in total.